The van der Waals surface area contributed by atoms with Crippen molar-refractivity contribution in [2.24, 2.45) is 5.92 Å². The van der Waals surface area contributed by atoms with Gasteiger partial charge in [0, 0.05) is 12.5 Å². The zero-order valence-electron chi connectivity index (χ0n) is 11.5. The lowest BCUT2D eigenvalue weighted by molar-refractivity contribution is 0.256. The van der Waals surface area contributed by atoms with Crippen molar-refractivity contribution < 1.29 is 4.74 Å². The largest absolute Gasteiger partial charge is 0.493 e. The van der Waals surface area contributed by atoms with Crippen LogP contribution in [-0.4, -0.2) is 19.7 Å². The van der Waals surface area contributed by atoms with Gasteiger partial charge in [-0.05, 0) is 30.2 Å². The maximum absolute atomic E-state index is 5.82. The first kappa shape index (κ1) is 14.0. The second-order valence-electron chi connectivity index (χ2n) is 4.95. The van der Waals surface area contributed by atoms with Gasteiger partial charge in [-0.15, -0.1) is 0 Å². The molecule has 0 fully saturated rings. The predicted molar refractivity (Wildman–Crippen MR) is 73.7 cm³/mol. The maximum Gasteiger partial charge on any atom is 0.119 e. The highest BCUT2D eigenvalue weighted by molar-refractivity contribution is 5.30. The Balaban J connectivity index is 2.43. The molecule has 96 valence electrons. The van der Waals surface area contributed by atoms with Gasteiger partial charge in [0.2, 0.25) is 0 Å². The molecule has 0 spiro atoms. The molecule has 0 bridgehead atoms. The van der Waals surface area contributed by atoms with Gasteiger partial charge < -0.3 is 10.1 Å². The van der Waals surface area contributed by atoms with Crippen LogP contribution in [0.1, 0.15) is 39.2 Å². The van der Waals surface area contributed by atoms with Crippen LogP contribution in [0, 0.1) is 5.92 Å². The smallest absolute Gasteiger partial charge is 0.119 e. The molecule has 0 aliphatic rings. The monoisotopic (exact) mass is 235 g/mol. The van der Waals surface area contributed by atoms with Crippen LogP contribution in [0.2, 0.25) is 0 Å². The lowest BCUT2D eigenvalue weighted by Gasteiger charge is -2.14. The summed E-state index contributed by atoms with van der Waals surface area (Å²) in [6, 6.07) is 8.40. The number of hydrogen-bond acceptors (Lipinski definition) is 2. The van der Waals surface area contributed by atoms with Crippen molar-refractivity contribution in [1.82, 2.24) is 5.32 Å². The van der Waals surface area contributed by atoms with Gasteiger partial charge in [0.15, 0.2) is 0 Å². The van der Waals surface area contributed by atoms with E-state index in [2.05, 4.69) is 51.2 Å². The molecule has 2 nitrogen and oxygen atoms in total. The number of ether oxygens (including phenoxy) is 1. The van der Waals surface area contributed by atoms with Crippen LogP contribution in [-0.2, 0) is 0 Å². The highest BCUT2D eigenvalue weighted by atomic mass is 16.5. The van der Waals surface area contributed by atoms with Crippen LogP contribution in [0.15, 0.2) is 24.3 Å². The van der Waals surface area contributed by atoms with Crippen molar-refractivity contribution in [3.8, 4) is 5.75 Å². The van der Waals surface area contributed by atoms with Crippen molar-refractivity contribution in [3.05, 3.63) is 29.8 Å². The van der Waals surface area contributed by atoms with Crippen molar-refractivity contribution >= 4 is 0 Å². The molecule has 1 rings (SSSR count). The molecule has 1 aromatic rings. The summed E-state index contributed by atoms with van der Waals surface area (Å²) in [5, 5.41) is 3.33. The van der Waals surface area contributed by atoms with E-state index in [1.165, 1.54) is 5.56 Å². The second kappa shape index (κ2) is 7.33. The Hall–Kier alpha value is -1.02. The third kappa shape index (κ3) is 5.22. The summed E-state index contributed by atoms with van der Waals surface area (Å²) in [4.78, 5) is 0. The summed E-state index contributed by atoms with van der Waals surface area (Å²) in [7, 11) is 0. The average molecular weight is 235 g/mol. The number of nitrogens with one attached hydrogen (secondary N) is 1. The molecule has 0 radical (unpaired) electrons. The Morgan fingerprint density at radius 3 is 2.65 bits per heavy atom. The van der Waals surface area contributed by atoms with E-state index in [1.54, 1.807) is 0 Å². The molecule has 0 amide bonds. The summed E-state index contributed by atoms with van der Waals surface area (Å²) >= 11 is 0. The molecule has 0 aliphatic heterocycles. The van der Waals surface area contributed by atoms with Crippen LogP contribution >= 0.6 is 0 Å². The van der Waals surface area contributed by atoms with Crippen molar-refractivity contribution in [2.45, 2.75) is 33.6 Å². The number of benzene rings is 1. The predicted octanol–water partition coefficient (Wildman–Crippen LogP) is 3.43. The molecular weight excluding hydrogens is 210 g/mol. The van der Waals surface area contributed by atoms with Gasteiger partial charge >= 0.3 is 0 Å². The second-order valence-corrected chi connectivity index (χ2v) is 4.95. The van der Waals surface area contributed by atoms with Crippen molar-refractivity contribution in [1.29, 1.82) is 0 Å². The first-order valence-electron chi connectivity index (χ1n) is 6.57. The topological polar surface area (TPSA) is 21.3 Å². The van der Waals surface area contributed by atoms with E-state index in [0.717, 1.165) is 25.4 Å². The molecule has 2 heteroatoms. The highest BCUT2D eigenvalue weighted by Crippen LogP contribution is 2.20. The van der Waals surface area contributed by atoms with Crippen LogP contribution in [0.25, 0.3) is 0 Å². The molecule has 0 heterocycles. The molecule has 1 unspecified atom stereocenters. The van der Waals surface area contributed by atoms with Gasteiger partial charge in [-0.25, -0.2) is 0 Å². The quantitative estimate of drug-likeness (QED) is 0.781. The Kier molecular flexibility index (Phi) is 6.06. The van der Waals surface area contributed by atoms with E-state index in [1.807, 2.05) is 6.07 Å². The summed E-state index contributed by atoms with van der Waals surface area (Å²) in [6.07, 6.45) is 0. The summed E-state index contributed by atoms with van der Waals surface area (Å²) in [6.45, 7) is 11.5. The Morgan fingerprint density at radius 2 is 2.00 bits per heavy atom. The van der Waals surface area contributed by atoms with E-state index >= 15 is 0 Å². The Labute approximate surface area is 105 Å². The Morgan fingerprint density at radius 1 is 1.24 bits per heavy atom. The fourth-order valence-electron chi connectivity index (χ4n) is 1.65. The third-order valence-corrected chi connectivity index (χ3v) is 2.80. The van der Waals surface area contributed by atoms with Crippen LogP contribution < -0.4 is 10.1 Å². The zero-order valence-corrected chi connectivity index (χ0v) is 11.5. The van der Waals surface area contributed by atoms with Gasteiger partial charge in [0.05, 0.1) is 6.61 Å². The van der Waals surface area contributed by atoms with E-state index in [9.17, 15) is 0 Å². The normalized spacial score (nSPS) is 12.8. The standard InChI is InChI=1S/C15H25NO/c1-5-16-10-13(4)11-17-15-8-6-7-14(9-15)12(2)3/h6-9,12-13,16H,5,10-11H2,1-4H3. The van der Waals surface area contributed by atoms with E-state index in [4.69, 9.17) is 4.74 Å². The first-order valence-corrected chi connectivity index (χ1v) is 6.57. The minimum atomic E-state index is 0.539. The highest BCUT2D eigenvalue weighted by Gasteiger charge is 2.04. The lowest BCUT2D eigenvalue weighted by atomic mass is 10.0. The van der Waals surface area contributed by atoms with E-state index in [-0.39, 0.29) is 0 Å². The third-order valence-electron chi connectivity index (χ3n) is 2.80. The van der Waals surface area contributed by atoms with Gasteiger partial charge in [0.1, 0.15) is 5.75 Å². The number of hydrogen-bond donors (Lipinski definition) is 1. The van der Waals surface area contributed by atoms with Crippen LogP contribution in [0.4, 0.5) is 0 Å². The molecule has 17 heavy (non-hydrogen) atoms. The molecule has 1 atom stereocenters. The van der Waals surface area contributed by atoms with E-state index in [0.29, 0.717) is 11.8 Å². The molecule has 1 aromatic carbocycles. The van der Waals surface area contributed by atoms with Crippen LogP contribution in [0.3, 0.4) is 0 Å². The molecular formula is C15H25NO. The minimum Gasteiger partial charge on any atom is -0.493 e. The molecule has 0 aromatic heterocycles. The number of rotatable bonds is 7. The SMILES string of the molecule is CCNCC(C)COc1cccc(C(C)C)c1. The van der Waals surface area contributed by atoms with Crippen molar-refractivity contribution in [2.75, 3.05) is 19.7 Å². The summed E-state index contributed by atoms with van der Waals surface area (Å²) < 4.78 is 5.82. The molecule has 0 saturated heterocycles. The molecule has 0 aliphatic carbocycles. The lowest BCUT2D eigenvalue weighted by Crippen LogP contribution is -2.24. The van der Waals surface area contributed by atoms with Crippen molar-refractivity contribution in [3.63, 3.8) is 0 Å². The fraction of sp³-hybridized carbons (Fsp3) is 0.600. The van der Waals surface area contributed by atoms with Gasteiger partial charge in [-0.1, -0.05) is 39.8 Å². The molecule has 0 saturated carbocycles. The first-order chi connectivity index (χ1) is 8.13. The van der Waals surface area contributed by atoms with Gasteiger partial charge in [-0.2, -0.15) is 0 Å². The van der Waals surface area contributed by atoms with Gasteiger partial charge in [-0.3, -0.25) is 0 Å². The van der Waals surface area contributed by atoms with Crippen LogP contribution in [0.5, 0.6) is 5.75 Å². The average Bonchev–Trinajstić information content (AvgIpc) is 2.34. The maximum atomic E-state index is 5.82. The zero-order chi connectivity index (χ0) is 12.7. The summed E-state index contributed by atoms with van der Waals surface area (Å²) in [5.74, 6) is 2.08. The minimum absolute atomic E-state index is 0.539. The van der Waals surface area contributed by atoms with Gasteiger partial charge in [0.25, 0.3) is 0 Å². The Bertz CT molecular complexity index is 322. The van der Waals surface area contributed by atoms with E-state index < -0.39 is 0 Å². The fourth-order valence-corrected chi connectivity index (χ4v) is 1.65. The molecule has 1 N–H and O–H groups in total. The summed E-state index contributed by atoms with van der Waals surface area (Å²) in [5.41, 5.74) is 1.34.